The Balaban J connectivity index is 2.47. The van der Waals surface area contributed by atoms with Crippen LogP contribution in [0.5, 0.6) is 11.5 Å². The molecule has 82 valence electrons. The molecule has 0 amide bonds. The maximum Gasteiger partial charge on any atom is 0.166 e. The monoisotopic (exact) mass is 209 g/mol. The van der Waals surface area contributed by atoms with Gasteiger partial charge >= 0.3 is 0 Å². The summed E-state index contributed by atoms with van der Waals surface area (Å²) < 4.78 is 10.7. The van der Waals surface area contributed by atoms with E-state index in [-0.39, 0.29) is 6.04 Å². The molecular weight excluding hydrogens is 194 g/mol. The molecule has 4 nitrogen and oxygen atoms in total. The molecule has 4 heteroatoms. The number of methoxy groups -OCH3 is 1. The molecule has 15 heavy (non-hydrogen) atoms. The quantitative estimate of drug-likeness (QED) is 0.719. The molecule has 0 unspecified atom stereocenters. The topological polar surface area (TPSA) is 64.7 Å². The third-order valence-corrected chi connectivity index (χ3v) is 2.65. The fourth-order valence-corrected chi connectivity index (χ4v) is 1.77. The van der Waals surface area contributed by atoms with E-state index >= 15 is 0 Å². The molecule has 0 fully saturated rings. The lowest BCUT2D eigenvalue weighted by Crippen LogP contribution is -2.28. The van der Waals surface area contributed by atoms with Gasteiger partial charge in [0.15, 0.2) is 11.5 Å². The van der Waals surface area contributed by atoms with E-state index in [1.165, 1.54) is 0 Å². The van der Waals surface area contributed by atoms with Gasteiger partial charge in [-0.15, -0.1) is 0 Å². The molecular formula is C11H15NO3. The van der Waals surface area contributed by atoms with Crippen molar-refractivity contribution in [1.29, 1.82) is 0 Å². The number of aliphatic hydroxyl groups is 1. The Kier molecular flexibility index (Phi) is 2.79. The van der Waals surface area contributed by atoms with E-state index in [0.29, 0.717) is 30.1 Å². The van der Waals surface area contributed by atoms with Gasteiger partial charge < -0.3 is 20.3 Å². The summed E-state index contributed by atoms with van der Waals surface area (Å²) in [7, 11) is 1.58. The highest BCUT2D eigenvalue weighted by molar-refractivity contribution is 5.48. The second-order valence-corrected chi connectivity index (χ2v) is 3.62. The van der Waals surface area contributed by atoms with Crippen LogP contribution in [-0.2, 0) is 0 Å². The van der Waals surface area contributed by atoms with Crippen molar-refractivity contribution in [2.24, 2.45) is 5.73 Å². The summed E-state index contributed by atoms with van der Waals surface area (Å²) in [4.78, 5) is 0. The highest BCUT2D eigenvalue weighted by Crippen LogP contribution is 2.37. The van der Waals surface area contributed by atoms with E-state index in [0.717, 1.165) is 0 Å². The highest BCUT2D eigenvalue weighted by atomic mass is 16.5. The van der Waals surface area contributed by atoms with Gasteiger partial charge in [-0.1, -0.05) is 12.1 Å². The van der Waals surface area contributed by atoms with Crippen LogP contribution in [0.3, 0.4) is 0 Å². The number of hydrogen-bond acceptors (Lipinski definition) is 4. The van der Waals surface area contributed by atoms with E-state index in [1.54, 1.807) is 7.11 Å². The minimum Gasteiger partial charge on any atom is -0.493 e. The molecule has 0 spiro atoms. The van der Waals surface area contributed by atoms with Crippen LogP contribution in [0.25, 0.3) is 0 Å². The van der Waals surface area contributed by atoms with Crippen molar-refractivity contribution < 1.29 is 14.6 Å². The number of aliphatic hydroxyl groups excluding tert-OH is 1. The lowest BCUT2D eigenvalue weighted by Gasteiger charge is -2.16. The molecule has 1 aliphatic rings. The van der Waals surface area contributed by atoms with Crippen LogP contribution >= 0.6 is 0 Å². The van der Waals surface area contributed by atoms with Gasteiger partial charge in [0.05, 0.1) is 19.8 Å². The number of fused-ring (bicyclic) bond motifs is 1. The van der Waals surface area contributed by atoms with E-state index in [2.05, 4.69) is 0 Å². The molecule has 0 radical (unpaired) electrons. The van der Waals surface area contributed by atoms with Crippen LogP contribution in [-0.4, -0.2) is 24.9 Å². The summed E-state index contributed by atoms with van der Waals surface area (Å²) in [5.41, 5.74) is 6.52. The SMILES string of the molecule is COc1cccc2c1OCC[C@@H](N)[C@H]2O. The Morgan fingerprint density at radius 2 is 2.33 bits per heavy atom. The van der Waals surface area contributed by atoms with Crippen molar-refractivity contribution in [2.45, 2.75) is 18.6 Å². The summed E-state index contributed by atoms with van der Waals surface area (Å²) in [5.74, 6) is 1.25. The lowest BCUT2D eigenvalue weighted by atomic mass is 10.0. The maximum absolute atomic E-state index is 9.97. The summed E-state index contributed by atoms with van der Waals surface area (Å²) in [6, 6.07) is 5.16. The number of ether oxygens (including phenoxy) is 2. The first-order valence-corrected chi connectivity index (χ1v) is 4.97. The second-order valence-electron chi connectivity index (χ2n) is 3.62. The van der Waals surface area contributed by atoms with Gasteiger partial charge in [-0.3, -0.25) is 0 Å². The van der Waals surface area contributed by atoms with Gasteiger partial charge in [0, 0.05) is 11.6 Å². The van der Waals surface area contributed by atoms with Crippen molar-refractivity contribution in [2.75, 3.05) is 13.7 Å². The molecule has 1 heterocycles. The van der Waals surface area contributed by atoms with E-state index in [1.807, 2.05) is 18.2 Å². The lowest BCUT2D eigenvalue weighted by molar-refractivity contribution is 0.144. The molecule has 0 bridgehead atoms. The van der Waals surface area contributed by atoms with E-state index in [9.17, 15) is 5.11 Å². The zero-order valence-corrected chi connectivity index (χ0v) is 8.64. The second kappa shape index (κ2) is 4.08. The maximum atomic E-state index is 9.97. The third-order valence-electron chi connectivity index (χ3n) is 2.65. The Hall–Kier alpha value is -1.26. The van der Waals surface area contributed by atoms with Crippen molar-refractivity contribution in [3.8, 4) is 11.5 Å². The summed E-state index contributed by atoms with van der Waals surface area (Å²) in [6.45, 7) is 0.506. The van der Waals surface area contributed by atoms with E-state index < -0.39 is 6.10 Å². The van der Waals surface area contributed by atoms with Crippen molar-refractivity contribution >= 4 is 0 Å². The minimum absolute atomic E-state index is 0.279. The number of rotatable bonds is 1. The molecule has 2 rings (SSSR count). The van der Waals surface area contributed by atoms with Gasteiger partial charge in [-0.2, -0.15) is 0 Å². The summed E-state index contributed by atoms with van der Waals surface area (Å²) in [6.07, 6.45) is -0.0449. The Labute approximate surface area is 88.6 Å². The average molecular weight is 209 g/mol. The van der Waals surface area contributed by atoms with E-state index in [4.69, 9.17) is 15.2 Å². The number of benzene rings is 1. The smallest absolute Gasteiger partial charge is 0.166 e. The molecule has 1 aromatic rings. The fourth-order valence-electron chi connectivity index (χ4n) is 1.77. The van der Waals surface area contributed by atoms with Crippen molar-refractivity contribution in [1.82, 2.24) is 0 Å². The van der Waals surface area contributed by atoms with Gasteiger partial charge in [-0.05, 0) is 12.5 Å². The molecule has 2 atom stereocenters. The standard InChI is InChI=1S/C11H15NO3/c1-14-9-4-2-3-7-10(13)8(12)5-6-15-11(7)9/h2-4,8,10,13H,5-6,12H2,1H3/t8-,10+/m1/s1. The van der Waals surface area contributed by atoms with Gasteiger partial charge in [0.25, 0.3) is 0 Å². The predicted molar refractivity (Wildman–Crippen MR) is 56.0 cm³/mol. The first kappa shape index (κ1) is 10.3. The first-order valence-electron chi connectivity index (χ1n) is 4.97. The molecule has 1 aliphatic heterocycles. The van der Waals surface area contributed by atoms with Crippen LogP contribution in [0.4, 0.5) is 0 Å². The number of para-hydroxylation sites is 1. The van der Waals surface area contributed by atoms with Crippen molar-refractivity contribution in [3.05, 3.63) is 23.8 Å². The molecule has 1 aromatic carbocycles. The van der Waals surface area contributed by atoms with Crippen LogP contribution in [0, 0.1) is 0 Å². The zero-order valence-electron chi connectivity index (χ0n) is 8.64. The van der Waals surface area contributed by atoms with Crippen LogP contribution in [0.15, 0.2) is 18.2 Å². The van der Waals surface area contributed by atoms with Gasteiger partial charge in [-0.25, -0.2) is 0 Å². The third kappa shape index (κ3) is 1.78. The molecule has 0 saturated heterocycles. The van der Waals surface area contributed by atoms with Crippen molar-refractivity contribution in [3.63, 3.8) is 0 Å². The average Bonchev–Trinajstić information content (AvgIpc) is 2.40. The van der Waals surface area contributed by atoms with Gasteiger partial charge in [0.2, 0.25) is 0 Å². The molecule has 0 aromatic heterocycles. The van der Waals surface area contributed by atoms with Gasteiger partial charge in [0.1, 0.15) is 0 Å². The van der Waals surface area contributed by atoms with Crippen LogP contribution in [0.1, 0.15) is 18.1 Å². The molecule has 0 aliphatic carbocycles. The highest BCUT2D eigenvalue weighted by Gasteiger charge is 2.26. The van der Waals surface area contributed by atoms with Crippen LogP contribution < -0.4 is 15.2 Å². The Morgan fingerprint density at radius 3 is 3.07 bits per heavy atom. The zero-order chi connectivity index (χ0) is 10.8. The normalized spacial score (nSPS) is 25.0. The fraction of sp³-hybridized carbons (Fsp3) is 0.455. The summed E-state index contributed by atoms with van der Waals surface area (Å²) >= 11 is 0. The Bertz CT molecular complexity index is 354. The number of hydrogen-bond donors (Lipinski definition) is 2. The molecule has 0 saturated carbocycles. The number of nitrogens with two attached hydrogens (primary N) is 1. The molecule has 3 N–H and O–H groups in total. The first-order chi connectivity index (χ1) is 7.24. The van der Waals surface area contributed by atoms with Crippen LogP contribution in [0.2, 0.25) is 0 Å². The minimum atomic E-state index is -0.683. The predicted octanol–water partition coefficient (Wildman–Crippen LogP) is 0.838. The summed E-state index contributed by atoms with van der Waals surface area (Å²) in [5, 5.41) is 9.97. The Morgan fingerprint density at radius 1 is 1.53 bits per heavy atom. The largest absolute Gasteiger partial charge is 0.493 e.